The topological polar surface area (TPSA) is 92.2 Å². The number of nitrogens with zero attached hydrogens (tertiary/aromatic N) is 2. The molecule has 0 aliphatic rings. The van der Waals surface area contributed by atoms with Gasteiger partial charge in [0.15, 0.2) is 0 Å². The Hall–Kier alpha value is -1.51. The Morgan fingerprint density at radius 1 is 1.30 bits per heavy atom. The van der Waals surface area contributed by atoms with Crippen molar-refractivity contribution in [3.05, 3.63) is 46.2 Å². The summed E-state index contributed by atoms with van der Waals surface area (Å²) in [5, 5.41) is 9.18. The van der Waals surface area contributed by atoms with Crippen LogP contribution in [0.1, 0.15) is 11.1 Å². The molecule has 6 nitrogen and oxygen atoms in total. The maximum atomic E-state index is 12.3. The zero-order chi connectivity index (χ0) is 14.8. The van der Waals surface area contributed by atoms with Crippen LogP contribution in [-0.4, -0.2) is 23.5 Å². The van der Waals surface area contributed by atoms with Gasteiger partial charge in [0, 0.05) is 16.9 Å². The number of hydrogen-bond acceptors (Lipinski definition) is 5. The molecule has 1 aromatic carbocycles. The Balaban J connectivity index is 2.47. The summed E-state index contributed by atoms with van der Waals surface area (Å²) in [7, 11) is -3.83. The van der Waals surface area contributed by atoms with Crippen LogP contribution in [0.4, 0.5) is 5.95 Å². The largest absolute Gasteiger partial charge is 0.392 e. The molecule has 1 heterocycles. The number of anilines is 1. The number of rotatable bonds is 4. The van der Waals surface area contributed by atoms with E-state index in [1.165, 1.54) is 18.5 Å². The van der Waals surface area contributed by atoms with Crippen molar-refractivity contribution in [2.45, 2.75) is 18.4 Å². The van der Waals surface area contributed by atoms with Crippen molar-refractivity contribution in [1.29, 1.82) is 0 Å². The Morgan fingerprint density at radius 2 is 1.95 bits per heavy atom. The zero-order valence-corrected chi connectivity index (χ0v) is 12.9. The normalized spacial score (nSPS) is 11.3. The van der Waals surface area contributed by atoms with Crippen LogP contribution in [0.3, 0.4) is 0 Å². The van der Waals surface area contributed by atoms with Crippen LogP contribution < -0.4 is 4.72 Å². The van der Waals surface area contributed by atoms with Gasteiger partial charge in [-0.05, 0) is 46.1 Å². The summed E-state index contributed by atoms with van der Waals surface area (Å²) in [6.07, 6.45) is 2.88. The summed E-state index contributed by atoms with van der Waals surface area (Å²) in [4.78, 5) is 7.67. The Morgan fingerprint density at radius 3 is 2.55 bits per heavy atom. The minimum atomic E-state index is -3.83. The van der Waals surface area contributed by atoms with Crippen LogP contribution in [0.2, 0.25) is 0 Å². The standard InChI is InChI=1S/C12H12BrN3O3S/c1-8-5-9(7-17)6-10(11(8)13)20(18,19)16-12-14-3-2-4-15-12/h2-6,17H,7H2,1H3,(H,14,15,16). The van der Waals surface area contributed by atoms with E-state index in [2.05, 4.69) is 30.6 Å². The molecule has 0 unspecified atom stereocenters. The monoisotopic (exact) mass is 357 g/mol. The number of aromatic nitrogens is 2. The average molecular weight is 358 g/mol. The number of aliphatic hydroxyl groups is 1. The summed E-state index contributed by atoms with van der Waals surface area (Å²) >= 11 is 3.25. The molecule has 0 aliphatic carbocycles. The first-order valence-corrected chi connectivity index (χ1v) is 7.91. The van der Waals surface area contributed by atoms with Gasteiger partial charge < -0.3 is 5.11 Å². The van der Waals surface area contributed by atoms with Crippen LogP contribution >= 0.6 is 15.9 Å². The number of hydrogen-bond donors (Lipinski definition) is 2. The number of halogens is 1. The SMILES string of the molecule is Cc1cc(CO)cc(S(=O)(=O)Nc2ncccn2)c1Br. The molecule has 0 spiro atoms. The number of nitrogens with one attached hydrogen (secondary N) is 1. The smallest absolute Gasteiger partial charge is 0.265 e. The van der Waals surface area contributed by atoms with Gasteiger partial charge in [0.2, 0.25) is 5.95 Å². The lowest BCUT2D eigenvalue weighted by atomic mass is 10.1. The second kappa shape index (κ2) is 5.86. The van der Waals surface area contributed by atoms with Gasteiger partial charge in [-0.2, -0.15) is 0 Å². The van der Waals surface area contributed by atoms with Gasteiger partial charge in [-0.25, -0.2) is 23.1 Å². The van der Waals surface area contributed by atoms with Crippen LogP contribution in [0, 0.1) is 6.92 Å². The molecular weight excluding hydrogens is 346 g/mol. The molecule has 0 aliphatic heterocycles. The minimum absolute atomic E-state index is 0.00791. The summed E-state index contributed by atoms with van der Waals surface area (Å²) in [6.45, 7) is 1.51. The molecule has 0 saturated carbocycles. The van der Waals surface area contributed by atoms with Crippen LogP contribution in [0.25, 0.3) is 0 Å². The van der Waals surface area contributed by atoms with Gasteiger partial charge in [0.25, 0.3) is 10.0 Å². The lowest BCUT2D eigenvalue weighted by molar-refractivity contribution is 0.281. The van der Waals surface area contributed by atoms with Crippen molar-refractivity contribution >= 4 is 31.9 Å². The van der Waals surface area contributed by atoms with Gasteiger partial charge >= 0.3 is 0 Å². The predicted octanol–water partition coefficient (Wildman–Crippen LogP) is 1.84. The van der Waals surface area contributed by atoms with E-state index in [1.807, 2.05) is 0 Å². The number of aryl methyl sites for hydroxylation is 1. The predicted molar refractivity (Wildman–Crippen MR) is 77.6 cm³/mol. The van der Waals surface area contributed by atoms with Gasteiger partial charge in [-0.15, -0.1) is 0 Å². The third kappa shape index (κ3) is 3.14. The van der Waals surface area contributed by atoms with Crippen molar-refractivity contribution < 1.29 is 13.5 Å². The second-order valence-electron chi connectivity index (χ2n) is 4.06. The molecule has 2 aromatic rings. The van der Waals surface area contributed by atoms with Crippen molar-refractivity contribution in [3.8, 4) is 0 Å². The summed E-state index contributed by atoms with van der Waals surface area (Å²) in [5.74, 6) is -0.00791. The second-order valence-corrected chi connectivity index (χ2v) is 6.50. The van der Waals surface area contributed by atoms with E-state index in [4.69, 9.17) is 0 Å². The Bertz CT molecular complexity index is 720. The molecule has 106 valence electrons. The van der Waals surface area contributed by atoms with E-state index in [1.54, 1.807) is 19.1 Å². The molecule has 2 N–H and O–H groups in total. The fourth-order valence-electron chi connectivity index (χ4n) is 1.62. The van der Waals surface area contributed by atoms with E-state index >= 15 is 0 Å². The fourth-order valence-corrected chi connectivity index (χ4v) is 3.65. The number of sulfonamides is 1. The van der Waals surface area contributed by atoms with E-state index in [-0.39, 0.29) is 17.5 Å². The average Bonchev–Trinajstić information content (AvgIpc) is 2.42. The van der Waals surface area contributed by atoms with E-state index in [0.29, 0.717) is 15.6 Å². The van der Waals surface area contributed by atoms with Gasteiger partial charge in [-0.1, -0.05) is 6.07 Å². The van der Waals surface area contributed by atoms with Crippen molar-refractivity contribution in [1.82, 2.24) is 9.97 Å². The molecule has 20 heavy (non-hydrogen) atoms. The summed E-state index contributed by atoms with van der Waals surface area (Å²) < 4.78 is 27.4. The van der Waals surface area contributed by atoms with Gasteiger partial charge in [-0.3, -0.25) is 0 Å². The Kier molecular flexibility index (Phi) is 4.36. The van der Waals surface area contributed by atoms with E-state index in [0.717, 1.165) is 0 Å². The molecule has 0 radical (unpaired) electrons. The molecule has 2 rings (SSSR count). The maximum absolute atomic E-state index is 12.3. The first kappa shape index (κ1) is 14.9. The molecule has 0 fully saturated rings. The maximum Gasteiger partial charge on any atom is 0.265 e. The minimum Gasteiger partial charge on any atom is -0.392 e. The molecule has 0 amide bonds. The molecule has 0 atom stereocenters. The van der Waals surface area contributed by atoms with E-state index < -0.39 is 10.0 Å². The molecular formula is C12H12BrN3O3S. The zero-order valence-electron chi connectivity index (χ0n) is 10.5. The van der Waals surface area contributed by atoms with Crippen molar-refractivity contribution in [2.24, 2.45) is 0 Å². The molecule has 0 bridgehead atoms. The van der Waals surface area contributed by atoms with E-state index in [9.17, 15) is 13.5 Å². The van der Waals surface area contributed by atoms with Crippen LogP contribution in [0.15, 0.2) is 40.0 Å². The summed E-state index contributed by atoms with van der Waals surface area (Å²) in [5.41, 5.74) is 1.23. The highest BCUT2D eigenvalue weighted by Gasteiger charge is 2.21. The van der Waals surface area contributed by atoms with Crippen molar-refractivity contribution in [2.75, 3.05) is 4.72 Å². The first-order chi connectivity index (χ1) is 9.44. The number of benzene rings is 1. The van der Waals surface area contributed by atoms with Gasteiger partial charge in [0.1, 0.15) is 4.90 Å². The van der Waals surface area contributed by atoms with Crippen molar-refractivity contribution in [3.63, 3.8) is 0 Å². The Labute approximate surface area is 125 Å². The first-order valence-electron chi connectivity index (χ1n) is 5.64. The highest BCUT2D eigenvalue weighted by Crippen LogP contribution is 2.28. The van der Waals surface area contributed by atoms with Crippen LogP contribution in [0.5, 0.6) is 0 Å². The molecule has 0 saturated heterocycles. The lowest BCUT2D eigenvalue weighted by Crippen LogP contribution is -2.16. The molecule has 8 heteroatoms. The fraction of sp³-hybridized carbons (Fsp3) is 0.167. The van der Waals surface area contributed by atoms with Gasteiger partial charge in [0.05, 0.1) is 6.61 Å². The third-order valence-electron chi connectivity index (χ3n) is 2.54. The highest BCUT2D eigenvalue weighted by molar-refractivity contribution is 9.10. The highest BCUT2D eigenvalue weighted by atomic mass is 79.9. The third-order valence-corrected chi connectivity index (χ3v) is 5.21. The molecule has 1 aromatic heterocycles. The quantitative estimate of drug-likeness (QED) is 0.870. The van der Waals surface area contributed by atoms with Crippen LogP contribution in [-0.2, 0) is 16.6 Å². The summed E-state index contributed by atoms with van der Waals surface area (Å²) in [6, 6.07) is 4.70. The number of aliphatic hydroxyl groups excluding tert-OH is 1. The lowest BCUT2D eigenvalue weighted by Gasteiger charge is -2.11.